The van der Waals surface area contributed by atoms with Crippen molar-refractivity contribution in [2.45, 2.75) is 119 Å². The highest BCUT2D eigenvalue weighted by molar-refractivity contribution is 5.76. The average Bonchev–Trinajstić information content (AvgIpc) is 2.71. The normalized spacial score (nSPS) is 52.4. The number of aliphatic carboxylic acids is 1. The maximum absolute atomic E-state index is 12.8. The molecule has 33 heavy (non-hydrogen) atoms. The van der Waals surface area contributed by atoms with Crippen molar-refractivity contribution in [3.63, 3.8) is 0 Å². The summed E-state index contributed by atoms with van der Waals surface area (Å²) in [7, 11) is 0. The number of hydrogen-bond donors (Lipinski definition) is 2. The van der Waals surface area contributed by atoms with Gasteiger partial charge < -0.3 is 10.2 Å². The largest absolute Gasteiger partial charge is 0.481 e. The lowest BCUT2D eigenvalue weighted by atomic mass is 9.33. The summed E-state index contributed by atoms with van der Waals surface area (Å²) in [5.74, 6) is 0.807. The predicted octanol–water partition coefficient (Wildman–Crippen LogP) is 7.23. The highest BCUT2D eigenvalue weighted by atomic mass is 16.4. The van der Waals surface area contributed by atoms with Gasteiger partial charge in [0.2, 0.25) is 0 Å². The molecule has 0 bridgehead atoms. The molecule has 4 fully saturated rings. The van der Waals surface area contributed by atoms with Crippen molar-refractivity contribution in [1.82, 2.24) is 0 Å². The van der Waals surface area contributed by atoms with Gasteiger partial charge >= 0.3 is 5.97 Å². The third-order valence-corrected chi connectivity index (χ3v) is 13.0. The van der Waals surface area contributed by atoms with Crippen LogP contribution in [0.25, 0.3) is 0 Å². The number of carboxylic acids is 1. The number of hydrogen-bond acceptors (Lipinski definition) is 2. The standard InChI is InChI=1S/C30H48O3/c1-25(2)14-16-30(24(32)33)17-15-28(6)19(20(30)18-25)8-9-22-27(5)12-11-23(31)26(3,4)21(27)10-13-29(22,28)7/h8,20-23,31H,9-18H2,1-7H3,(H,32,33)/t20-,21+,22+,23+,27-,28+,29+,30-/m0/s1. The highest BCUT2D eigenvalue weighted by Crippen LogP contribution is 2.75. The molecule has 0 spiro atoms. The molecule has 8 atom stereocenters. The molecule has 0 heterocycles. The molecule has 0 aromatic rings. The summed E-state index contributed by atoms with van der Waals surface area (Å²) < 4.78 is 0. The summed E-state index contributed by atoms with van der Waals surface area (Å²) in [6, 6.07) is 0. The first kappa shape index (κ1) is 23.9. The summed E-state index contributed by atoms with van der Waals surface area (Å²) in [5, 5.41) is 21.4. The topological polar surface area (TPSA) is 57.5 Å². The summed E-state index contributed by atoms with van der Waals surface area (Å²) in [6.45, 7) is 16.9. The van der Waals surface area contributed by atoms with E-state index in [2.05, 4.69) is 54.5 Å². The van der Waals surface area contributed by atoms with Gasteiger partial charge in [0.25, 0.3) is 0 Å². The molecule has 3 nitrogen and oxygen atoms in total. The molecule has 0 amide bonds. The first-order valence-corrected chi connectivity index (χ1v) is 13.8. The second kappa shape index (κ2) is 6.89. The predicted molar refractivity (Wildman–Crippen MR) is 133 cm³/mol. The molecule has 4 saturated carbocycles. The second-order valence-corrected chi connectivity index (χ2v) is 15.1. The third-order valence-electron chi connectivity index (χ3n) is 13.0. The Balaban J connectivity index is 1.60. The van der Waals surface area contributed by atoms with E-state index in [9.17, 15) is 15.0 Å². The van der Waals surface area contributed by atoms with Crippen LogP contribution in [0.15, 0.2) is 11.6 Å². The quantitative estimate of drug-likeness (QED) is 0.409. The van der Waals surface area contributed by atoms with Gasteiger partial charge in [0.15, 0.2) is 0 Å². The van der Waals surface area contributed by atoms with Crippen LogP contribution in [0.1, 0.15) is 113 Å². The van der Waals surface area contributed by atoms with Crippen LogP contribution in [0, 0.1) is 50.2 Å². The number of aliphatic hydroxyl groups is 1. The van der Waals surface area contributed by atoms with Crippen molar-refractivity contribution >= 4 is 5.97 Å². The molecule has 186 valence electrons. The van der Waals surface area contributed by atoms with Crippen LogP contribution in [0.4, 0.5) is 0 Å². The molecule has 0 aromatic carbocycles. The van der Waals surface area contributed by atoms with Crippen molar-refractivity contribution in [3.8, 4) is 0 Å². The number of allylic oxidation sites excluding steroid dienone is 2. The van der Waals surface area contributed by atoms with Gasteiger partial charge in [-0.25, -0.2) is 0 Å². The minimum atomic E-state index is -0.553. The third kappa shape index (κ3) is 2.87. The Hall–Kier alpha value is -0.830. The molecule has 2 N–H and O–H groups in total. The van der Waals surface area contributed by atoms with Gasteiger partial charge in [0.1, 0.15) is 0 Å². The second-order valence-electron chi connectivity index (χ2n) is 15.1. The molecule has 5 aliphatic rings. The van der Waals surface area contributed by atoms with E-state index in [1.165, 1.54) is 18.4 Å². The lowest BCUT2D eigenvalue weighted by Crippen LogP contribution is -2.65. The zero-order valence-corrected chi connectivity index (χ0v) is 22.3. The summed E-state index contributed by atoms with van der Waals surface area (Å²) in [6.07, 6.45) is 12.6. The Morgan fingerprint density at radius 3 is 2.21 bits per heavy atom. The van der Waals surface area contributed by atoms with E-state index in [1.54, 1.807) is 0 Å². The van der Waals surface area contributed by atoms with Gasteiger partial charge in [0.05, 0.1) is 11.5 Å². The fourth-order valence-corrected chi connectivity index (χ4v) is 10.6. The Bertz CT molecular complexity index is 885. The highest BCUT2D eigenvalue weighted by Gasteiger charge is 2.69. The lowest BCUT2D eigenvalue weighted by molar-refractivity contribution is -0.205. The van der Waals surface area contributed by atoms with Crippen molar-refractivity contribution < 1.29 is 15.0 Å². The van der Waals surface area contributed by atoms with E-state index in [-0.39, 0.29) is 39.1 Å². The van der Waals surface area contributed by atoms with E-state index in [1.807, 2.05) is 0 Å². The molecule has 5 aliphatic carbocycles. The van der Waals surface area contributed by atoms with Gasteiger partial charge in [0, 0.05) is 0 Å². The van der Waals surface area contributed by atoms with Crippen molar-refractivity contribution in [2.75, 3.05) is 0 Å². The fourth-order valence-electron chi connectivity index (χ4n) is 10.6. The van der Waals surface area contributed by atoms with Crippen LogP contribution in [-0.4, -0.2) is 22.3 Å². The number of carbonyl (C=O) groups is 1. The lowest BCUT2D eigenvalue weighted by Gasteiger charge is -2.71. The van der Waals surface area contributed by atoms with E-state index in [4.69, 9.17) is 0 Å². The van der Waals surface area contributed by atoms with Crippen LogP contribution in [-0.2, 0) is 4.79 Å². The SMILES string of the molecule is CC1(C)CC[C@]2(C(=O)O)CC[C@]3(C)C(=CC[C@@H]4[C@@]5(C)CC[C@@H](O)C(C)(C)[C@H]5CC[C@]43C)[C@@H]2C1. The summed E-state index contributed by atoms with van der Waals surface area (Å²) >= 11 is 0. The van der Waals surface area contributed by atoms with Crippen molar-refractivity contribution in [3.05, 3.63) is 11.6 Å². The first-order valence-electron chi connectivity index (χ1n) is 13.8. The smallest absolute Gasteiger partial charge is 0.310 e. The van der Waals surface area contributed by atoms with Gasteiger partial charge in [-0.2, -0.15) is 0 Å². The van der Waals surface area contributed by atoms with Crippen LogP contribution in [0.3, 0.4) is 0 Å². The monoisotopic (exact) mass is 456 g/mol. The summed E-state index contributed by atoms with van der Waals surface area (Å²) in [4.78, 5) is 12.8. The molecule has 0 radical (unpaired) electrons. The van der Waals surface area contributed by atoms with E-state index >= 15 is 0 Å². The average molecular weight is 457 g/mol. The number of fused-ring (bicyclic) bond motifs is 7. The van der Waals surface area contributed by atoms with Crippen molar-refractivity contribution in [2.24, 2.45) is 50.2 Å². The molecule has 3 heteroatoms. The zero-order chi connectivity index (χ0) is 24.2. The van der Waals surface area contributed by atoms with E-state index in [0.29, 0.717) is 11.8 Å². The molecule has 0 unspecified atom stereocenters. The molecule has 0 aliphatic heterocycles. The van der Waals surface area contributed by atoms with Crippen LogP contribution in [0.2, 0.25) is 0 Å². The van der Waals surface area contributed by atoms with Crippen LogP contribution >= 0.6 is 0 Å². The van der Waals surface area contributed by atoms with Crippen LogP contribution < -0.4 is 0 Å². The number of carboxylic acid groups (broad SMARTS) is 1. The molecule has 5 rings (SSSR count). The fraction of sp³-hybridized carbons (Fsp3) is 0.900. The Kier molecular flexibility index (Phi) is 4.99. The van der Waals surface area contributed by atoms with Gasteiger partial charge in [-0.1, -0.05) is 60.1 Å². The van der Waals surface area contributed by atoms with Crippen molar-refractivity contribution in [1.29, 1.82) is 0 Å². The molecular weight excluding hydrogens is 408 g/mol. The van der Waals surface area contributed by atoms with Gasteiger partial charge in [-0.3, -0.25) is 4.79 Å². The zero-order valence-electron chi connectivity index (χ0n) is 22.3. The number of rotatable bonds is 1. The van der Waals surface area contributed by atoms with Crippen LogP contribution in [0.5, 0.6) is 0 Å². The molecule has 0 aromatic heterocycles. The van der Waals surface area contributed by atoms with E-state index in [0.717, 1.165) is 51.4 Å². The minimum absolute atomic E-state index is 0.0301. The van der Waals surface area contributed by atoms with E-state index < -0.39 is 11.4 Å². The molecule has 0 saturated heterocycles. The maximum Gasteiger partial charge on any atom is 0.310 e. The first-order chi connectivity index (χ1) is 15.1. The Morgan fingerprint density at radius 2 is 1.55 bits per heavy atom. The van der Waals surface area contributed by atoms with Gasteiger partial charge in [-0.05, 0) is 109 Å². The number of aliphatic hydroxyl groups excluding tert-OH is 1. The Labute approximate surface area is 201 Å². The maximum atomic E-state index is 12.8. The molecular formula is C30H48O3. The van der Waals surface area contributed by atoms with Gasteiger partial charge in [-0.15, -0.1) is 0 Å². The summed E-state index contributed by atoms with van der Waals surface area (Å²) in [5.41, 5.74) is 1.68. The minimum Gasteiger partial charge on any atom is -0.481 e. The Morgan fingerprint density at radius 1 is 0.879 bits per heavy atom.